The quantitative estimate of drug-likeness (QED) is 0.835. The molecule has 0 saturated carbocycles. The smallest absolute Gasteiger partial charge is 0.407 e. The monoisotopic (exact) mass is 258 g/mol. The summed E-state index contributed by atoms with van der Waals surface area (Å²) in [6.45, 7) is 2.17. The van der Waals surface area contributed by atoms with Crippen LogP contribution in [0.4, 0.5) is 4.79 Å². The molecule has 0 aromatic carbocycles. The highest BCUT2D eigenvalue weighted by molar-refractivity contribution is 8.01. The number of methoxy groups -OCH3 is 1. The van der Waals surface area contributed by atoms with Crippen molar-refractivity contribution in [1.29, 1.82) is 0 Å². The zero-order valence-electron chi connectivity index (χ0n) is 10.1. The van der Waals surface area contributed by atoms with E-state index in [0.717, 1.165) is 30.7 Å². The zero-order chi connectivity index (χ0) is 12.3. The summed E-state index contributed by atoms with van der Waals surface area (Å²) in [4.78, 5) is 16.6. The van der Waals surface area contributed by atoms with Gasteiger partial charge in [-0.05, 0) is 12.8 Å². The molecule has 6 heteroatoms. The van der Waals surface area contributed by atoms with Crippen molar-refractivity contribution in [3.05, 3.63) is 0 Å². The fourth-order valence-electron chi connectivity index (χ4n) is 2.09. The first-order valence-electron chi connectivity index (χ1n) is 5.96. The Kier molecular flexibility index (Phi) is 4.15. The van der Waals surface area contributed by atoms with Crippen LogP contribution in [0.2, 0.25) is 0 Å². The molecule has 1 amide bonds. The van der Waals surface area contributed by atoms with Crippen LogP contribution in [0.15, 0.2) is 5.16 Å². The minimum Gasteiger partial charge on any atom is -0.453 e. The van der Waals surface area contributed by atoms with Gasteiger partial charge in [-0.25, -0.2) is 4.79 Å². The molecule has 0 unspecified atom stereocenters. The second kappa shape index (κ2) is 5.62. The van der Waals surface area contributed by atoms with Crippen molar-refractivity contribution in [2.24, 2.45) is 5.16 Å². The van der Waals surface area contributed by atoms with Gasteiger partial charge < -0.3 is 14.9 Å². The molecule has 3 atom stereocenters. The molecule has 1 N–H and O–H groups in total. The van der Waals surface area contributed by atoms with Crippen molar-refractivity contribution in [3.8, 4) is 0 Å². The lowest BCUT2D eigenvalue weighted by molar-refractivity contribution is 0.0798. The molecule has 0 radical (unpaired) electrons. The number of hydrogen-bond acceptors (Lipinski definition) is 5. The Hall–Kier alpha value is -0.910. The number of amides is 1. The van der Waals surface area contributed by atoms with Gasteiger partial charge in [0.15, 0.2) is 0 Å². The number of carbonyl (C=O) groups excluding carboxylic acids is 1. The van der Waals surface area contributed by atoms with E-state index in [4.69, 9.17) is 4.84 Å². The fourth-order valence-corrected chi connectivity index (χ4v) is 3.52. The molecule has 0 bridgehead atoms. The summed E-state index contributed by atoms with van der Waals surface area (Å²) < 4.78 is 4.60. The summed E-state index contributed by atoms with van der Waals surface area (Å²) >= 11 is 1.81. The fraction of sp³-hybridized carbons (Fsp3) is 0.818. The molecular formula is C11H18N2O3S. The largest absolute Gasteiger partial charge is 0.453 e. The van der Waals surface area contributed by atoms with E-state index in [-0.39, 0.29) is 12.1 Å². The minimum atomic E-state index is -0.407. The summed E-state index contributed by atoms with van der Waals surface area (Å²) in [5.41, 5.74) is 0.960. The van der Waals surface area contributed by atoms with E-state index in [0.29, 0.717) is 5.25 Å². The van der Waals surface area contributed by atoms with Crippen LogP contribution in [-0.2, 0) is 9.57 Å². The van der Waals surface area contributed by atoms with Crippen LogP contribution < -0.4 is 5.32 Å². The molecule has 2 heterocycles. The molecule has 2 aliphatic rings. The zero-order valence-corrected chi connectivity index (χ0v) is 11.0. The molecule has 2 rings (SSSR count). The van der Waals surface area contributed by atoms with Crippen LogP contribution in [-0.4, -0.2) is 42.1 Å². The third kappa shape index (κ3) is 2.68. The molecule has 17 heavy (non-hydrogen) atoms. The topological polar surface area (TPSA) is 59.9 Å². The van der Waals surface area contributed by atoms with Gasteiger partial charge in [0.1, 0.15) is 6.10 Å². The Morgan fingerprint density at radius 1 is 1.71 bits per heavy atom. The first kappa shape index (κ1) is 12.5. The van der Waals surface area contributed by atoms with Crippen molar-refractivity contribution in [3.63, 3.8) is 0 Å². The molecule has 1 fully saturated rings. The van der Waals surface area contributed by atoms with Gasteiger partial charge in [-0.1, -0.05) is 18.5 Å². The van der Waals surface area contributed by atoms with Crippen molar-refractivity contribution in [1.82, 2.24) is 5.32 Å². The lowest BCUT2D eigenvalue weighted by atomic mass is 10.0. The Morgan fingerprint density at radius 3 is 3.24 bits per heavy atom. The second-order valence-electron chi connectivity index (χ2n) is 4.24. The molecule has 0 spiro atoms. The summed E-state index contributed by atoms with van der Waals surface area (Å²) in [7, 11) is 1.37. The number of carbonyl (C=O) groups is 1. The van der Waals surface area contributed by atoms with Crippen molar-refractivity contribution < 1.29 is 14.4 Å². The number of oxime groups is 1. The summed E-state index contributed by atoms with van der Waals surface area (Å²) in [5, 5.41) is 7.22. The van der Waals surface area contributed by atoms with E-state index in [1.165, 1.54) is 7.11 Å². The van der Waals surface area contributed by atoms with Gasteiger partial charge in [0.25, 0.3) is 0 Å². The maximum atomic E-state index is 11.2. The van der Waals surface area contributed by atoms with E-state index in [1.54, 1.807) is 11.8 Å². The third-order valence-electron chi connectivity index (χ3n) is 3.04. The summed E-state index contributed by atoms with van der Waals surface area (Å²) in [5.74, 6) is 0.852. The number of nitrogens with zero attached hydrogens (tertiary/aromatic N) is 1. The molecule has 0 aliphatic carbocycles. The number of ether oxygens (including phenoxy) is 1. The maximum absolute atomic E-state index is 11.2. The number of fused-ring (bicyclic) bond motifs is 1. The molecular weight excluding hydrogens is 240 g/mol. The predicted molar refractivity (Wildman–Crippen MR) is 67.4 cm³/mol. The predicted octanol–water partition coefficient (Wildman–Crippen LogP) is 1.77. The van der Waals surface area contributed by atoms with Crippen molar-refractivity contribution in [2.45, 2.75) is 43.6 Å². The van der Waals surface area contributed by atoms with Crippen LogP contribution in [0.5, 0.6) is 0 Å². The summed E-state index contributed by atoms with van der Waals surface area (Å²) in [6.07, 6.45) is 3.12. The molecule has 0 aromatic heterocycles. The number of thioether (sulfide) groups is 1. The van der Waals surface area contributed by atoms with Gasteiger partial charge in [-0.15, -0.1) is 11.8 Å². The highest BCUT2D eigenvalue weighted by atomic mass is 32.2. The number of hydrogen-bond donors (Lipinski definition) is 1. The van der Waals surface area contributed by atoms with Crippen LogP contribution in [0.1, 0.15) is 26.2 Å². The second-order valence-corrected chi connectivity index (χ2v) is 5.42. The molecule has 2 aliphatic heterocycles. The van der Waals surface area contributed by atoms with Gasteiger partial charge in [0, 0.05) is 5.75 Å². The van der Waals surface area contributed by atoms with Crippen molar-refractivity contribution >= 4 is 23.6 Å². The standard InChI is InChI=1S/C11H18N2O3S/c1-3-4-5-8-10-9(13-16-8)7(6-17-10)12-11(14)15-2/h7-8,10H,3-6H2,1-2H3,(H,12,14)/t7-,8+,10-/m0/s1. The van der Waals surface area contributed by atoms with Gasteiger partial charge in [-0.3, -0.25) is 0 Å². The van der Waals surface area contributed by atoms with E-state index in [1.807, 2.05) is 0 Å². The Labute approximate surface area is 105 Å². The van der Waals surface area contributed by atoms with Crippen LogP contribution in [0, 0.1) is 0 Å². The molecule has 1 saturated heterocycles. The highest BCUT2D eigenvalue weighted by Crippen LogP contribution is 2.35. The van der Waals surface area contributed by atoms with E-state index in [2.05, 4.69) is 22.1 Å². The first-order valence-corrected chi connectivity index (χ1v) is 7.00. The summed E-state index contributed by atoms with van der Waals surface area (Å²) in [6, 6.07) is -0.0379. The number of rotatable bonds is 4. The Balaban J connectivity index is 1.89. The number of unbranched alkanes of at least 4 members (excludes halogenated alkanes) is 1. The lowest BCUT2D eigenvalue weighted by Gasteiger charge is -2.12. The van der Waals surface area contributed by atoms with E-state index in [9.17, 15) is 4.79 Å². The number of alkyl carbamates (subject to hydrolysis) is 1. The average Bonchev–Trinajstić information content (AvgIpc) is 2.90. The van der Waals surface area contributed by atoms with Crippen LogP contribution in [0.3, 0.4) is 0 Å². The molecule has 5 nitrogen and oxygen atoms in total. The minimum absolute atomic E-state index is 0.0379. The van der Waals surface area contributed by atoms with Gasteiger partial charge in [-0.2, -0.15) is 0 Å². The van der Waals surface area contributed by atoms with Crippen molar-refractivity contribution in [2.75, 3.05) is 12.9 Å². The average molecular weight is 258 g/mol. The van der Waals surface area contributed by atoms with E-state index < -0.39 is 6.09 Å². The van der Waals surface area contributed by atoms with Crippen LogP contribution in [0.25, 0.3) is 0 Å². The SMILES string of the molecule is CCCC[C@H]1ON=C2[C@@H](NC(=O)OC)CS[C@H]21. The first-order chi connectivity index (χ1) is 8.26. The molecule has 96 valence electrons. The Bertz CT molecular complexity index is 322. The van der Waals surface area contributed by atoms with E-state index >= 15 is 0 Å². The maximum Gasteiger partial charge on any atom is 0.407 e. The normalized spacial score (nSPS) is 30.5. The highest BCUT2D eigenvalue weighted by Gasteiger charge is 2.44. The van der Waals surface area contributed by atoms with Gasteiger partial charge in [0.05, 0.1) is 24.1 Å². The Morgan fingerprint density at radius 2 is 2.53 bits per heavy atom. The van der Waals surface area contributed by atoms with Gasteiger partial charge in [0.2, 0.25) is 0 Å². The number of nitrogens with one attached hydrogen (secondary N) is 1. The third-order valence-corrected chi connectivity index (χ3v) is 4.47. The van der Waals surface area contributed by atoms with Crippen LogP contribution >= 0.6 is 11.8 Å². The van der Waals surface area contributed by atoms with Gasteiger partial charge >= 0.3 is 6.09 Å². The lowest BCUT2D eigenvalue weighted by Crippen LogP contribution is -2.41. The molecule has 0 aromatic rings.